The van der Waals surface area contributed by atoms with E-state index >= 15 is 0 Å². The Labute approximate surface area is 207 Å². The third-order valence-electron chi connectivity index (χ3n) is 5.81. The average molecular weight is 500 g/mol. The summed E-state index contributed by atoms with van der Waals surface area (Å²) in [6, 6.07) is 5.60. The van der Waals surface area contributed by atoms with Crippen molar-refractivity contribution in [3.05, 3.63) is 57.2 Å². The Morgan fingerprint density at radius 1 is 1.29 bits per heavy atom. The summed E-state index contributed by atoms with van der Waals surface area (Å²) in [6.45, 7) is 13.2. The standard InChI is InChI=1S/C25H29N3O4S2/c1-6-9-28-24(30)21-15(4)16(5)34-23(21)27-25(28)33-13-20(29)26-22(14(2)3)17-7-8-18-19(12-17)32-11-10-31-18/h6-8,12,14,22H,1,9-11,13H2,2-5H3,(H,26,29). The van der Waals surface area contributed by atoms with E-state index in [-0.39, 0.29) is 29.2 Å². The monoisotopic (exact) mass is 499 g/mol. The van der Waals surface area contributed by atoms with Crippen molar-refractivity contribution in [3.63, 3.8) is 0 Å². The first kappa shape index (κ1) is 24.3. The van der Waals surface area contributed by atoms with E-state index in [0.29, 0.717) is 40.9 Å². The molecule has 1 unspecified atom stereocenters. The molecule has 180 valence electrons. The Morgan fingerprint density at radius 2 is 2.03 bits per heavy atom. The first-order chi connectivity index (χ1) is 16.3. The van der Waals surface area contributed by atoms with E-state index in [2.05, 4.69) is 25.7 Å². The van der Waals surface area contributed by atoms with Crippen LogP contribution < -0.4 is 20.3 Å². The number of carbonyl (C=O) groups is 1. The number of hydrogen-bond donors (Lipinski definition) is 1. The molecule has 1 aromatic carbocycles. The van der Waals surface area contributed by atoms with Crippen molar-refractivity contribution < 1.29 is 14.3 Å². The quantitative estimate of drug-likeness (QED) is 0.276. The molecule has 1 aliphatic rings. The van der Waals surface area contributed by atoms with Crippen molar-refractivity contribution in [2.24, 2.45) is 5.92 Å². The van der Waals surface area contributed by atoms with Crippen LogP contribution in [0.3, 0.4) is 0 Å². The van der Waals surface area contributed by atoms with Gasteiger partial charge in [0.25, 0.3) is 5.56 Å². The predicted molar refractivity (Wildman–Crippen MR) is 137 cm³/mol. The molecule has 1 amide bonds. The topological polar surface area (TPSA) is 82.5 Å². The molecule has 0 saturated carbocycles. The molecule has 1 atom stereocenters. The summed E-state index contributed by atoms with van der Waals surface area (Å²) in [5.41, 5.74) is 1.83. The second-order valence-electron chi connectivity index (χ2n) is 8.54. The lowest BCUT2D eigenvalue weighted by molar-refractivity contribution is -0.119. The maximum Gasteiger partial charge on any atom is 0.263 e. The molecule has 4 rings (SSSR count). The molecular weight excluding hydrogens is 470 g/mol. The normalized spacial score (nSPS) is 13.8. The minimum atomic E-state index is -0.183. The highest BCUT2D eigenvalue weighted by Crippen LogP contribution is 2.34. The van der Waals surface area contributed by atoms with E-state index in [1.807, 2.05) is 32.0 Å². The van der Waals surface area contributed by atoms with E-state index in [1.165, 1.54) is 23.1 Å². The van der Waals surface area contributed by atoms with Crippen LogP contribution in [0.5, 0.6) is 11.5 Å². The van der Waals surface area contributed by atoms with Crippen molar-refractivity contribution in [3.8, 4) is 11.5 Å². The molecule has 3 heterocycles. The molecule has 0 saturated heterocycles. The van der Waals surface area contributed by atoms with Gasteiger partial charge in [0.2, 0.25) is 5.91 Å². The van der Waals surface area contributed by atoms with Gasteiger partial charge in [0.1, 0.15) is 18.0 Å². The Hall–Kier alpha value is -2.78. The van der Waals surface area contributed by atoms with Gasteiger partial charge in [-0.05, 0) is 43.0 Å². The van der Waals surface area contributed by atoms with Crippen LogP contribution in [0.4, 0.5) is 0 Å². The van der Waals surface area contributed by atoms with Gasteiger partial charge in [-0.25, -0.2) is 4.98 Å². The zero-order chi connectivity index (χ0) is 24.4. The summed E-state index contributed by atoms with van der Waals surface area (Å²) in [5, 5.41) is 4.31. The third kappa shape index (κ3) is 4.86. The molecule has 3 aromatic rings. The van der Waals surface area contributed by atoms with Gasteiger partial charge in [0.05, 0.1) is 17.2 Å². The maximum absolute atomic E-state index is 13.1. The lowest BCUT2D eigenvalue weighted by atomic mass is 9.95. The Morgan fingerprint density at radius 3 is 2.74 bits per heavy atom. The highest BCUT2D eigenvalue weighted by molar-refractivity contribution is 7.99. The summed E-state index contributed by atoms with van der Waals surface area (Å²) in [4.78, 5) is 32.6. The molecule has 7 nitrogen and oxygen atoms in total. The van der Waals surface area contributed by atoms with Crippen LogP contribution in [-0.2, 0) is 11.3 Å². The van der Waals surface area contributed by atoms with E-state index in [0.717, 1.165) is 21.8 Å². The molecule has 0 aliphatic carbocycles. The number of amides is 1. The second-order valence-corrected chi connectivity index (χ2v) is 10.7. The van der Waals surface area contributed by atoms with Gasteiger partial charge >= 0.3 is 0 Å². The number of ether oxygens (including phenoxy) is 2. The van der Waals surface area contributed by atoms with Crippen molar-refractivity contribution >= 4 is 39.2 Å². The number of thiophene rings is 1. The van der Waals surface area contributed by atoms with E-state index in [4.69, 9.17) is 14.5 Å². The first-order valence-corrected chi connectivity index (χ1v) is 13.0. The zero-order valence-electron chi connectivity index (χ0n) is 19.8. The Balaban J connectivity index is 1.53. The number of nitrogens with zero attached hydrogens (tertiary/aromatic N) is 2. The molecule has 1 N–H and O–H groups in total. The minimum absolute atomic E-state index is 0.0917. The van der Waals surface area contributed by atoms with Crippen LogP contribution in [0.2, 0.25) is 0 Å². The van der Waals surface area contributed by atoms with Gasteiger partial charge in [0.15, 0.2) is 16.7 Å². The van der Waals surface area contributed by atoms with Gasteiger partial charge in [-0.3, -0.25) is 14.2 Å². The zero-order valence-corrected chi connectivity index (χ0v) is 21.5. The number of carbonyl (C=O) groups excluding carboxylic acids is 1. The lowest BCUT2D eigenvalue weighted by Gasteiger charge is -2.25. The summed E-state index contributed by atoms with van der Waals surface area (Å²) < 4.78 is 12.9. The number of benzene rings is 1. The van der Waals surface area contributed by atoms with Crippen molar-refractivity contribution in [2.45, 2.75) is 45.4 Å². The van der Waals surface area contributed by atoms with E-state index < -0.39 is 0 Å². The van der Waals surface area contributed by atoms with Crippen LogP contribution in [0.1, 0.15) is 35.9 Å². The van der Waals surface area contributed by atoms with E-state index in [1.54, 1.807) is 10.6 Å². The molecule has 2 aromatic heterocycles. The number of thioether (sulfide) groups is 1. The smallest absolute Gasteiger partial charge is 0.263 e. The Kier molecular flexibility index (Phi) is 7.33. The maximum atomic E-state index is 13.1. The lowest BCUT2D eigenvalue weighted by Crippen LogP contribution is -2.33. The van der Waals surface area contributed by atoms with Crippen molar-refractivity contribution in [1.29, 1.82) is 0 Å². The number of aryl methyl sites for hydroxylation is 2. The number of rotatable bonds is 8. The molecule has 34 heavy (non-hydrogen) atoms. The molecule has 1 aliphatic heterocycles. The predicted octanol–water partition coefficient (Wildman–Crippen LogP) is 4.64. The molecule has 9 heteroatoms. The second kappa shape index (κ2) is 10.2. The fourth-order valence-corrected chi connectivity index (χ4v) is 5.83. The number of allylic oxidation sites excluding steroid dienone is 1. The number of aromatic nitrogens is 2. The number of nitrogens with one attached hydrogen (secondary N) is 1. The van der Waals surface area contributed by atoms with Crippen molar-refractivity contribution in [2.75, 3.05) is 19.0 Å². The summed E-state index contributed by atoms with van der Waals surface area (Å²) in [6.07, 6.45) is 1.67. The number of fused-ring (bicyclic) bond motifs is 2. The minimum Gasteiger partial charge on any atom is -0.486 e. The van der Waals surface area contributed by atoms with Gasteiger partial charge in [-0.2, -0.15) is 0 Å². The van der Waals surface area contributed by atoms with Crippen LogP contribution in [0, 0.1) is 19.8 Å². The highest BCUT2D eigenvalue weighted by Gasteiger charge is 2.22. The van der Waals surface area contributed by atoms with Crippen LogP contribution >= 0.6 is 23.1 Å². The molecule has 0 bridgehead atoms. The Bertz CT molecular complexity index is 1300. The summed E-state index contributed by atoms with van der Waals surface area (Å²) in [5.74, 6) is 1.61. The van der Waals surface area contributed by atoms with Crippen LogP contribution in [0.15, 0.2) is 40.8 Å². The average Bonchev–Trinajstić information content (AvgIpc) is 3.11. The highest BCUT2D eigenvalue weighted by atomic mass is 32.2. The molecule has 0 spiro atoms. The van der Waals surface area contributed by atoms with Gasteiger partial charge < -0.3 is 14.8 Å². The molecular formula is C25H29N3O4S2. The summed E-state index contributed by atoms with van der Waals surface area (Å²) >= 11 is 2.77. The fraction of sp³-hybridized carbons (Fsp3) is 0.400. The van der Waals surface area contributed by atoms with Crippen LogP contribution in [0.25, 0.3) is 10.2 Å². The largest absolute Gasteiger partial charge is 0.486 e. The third-order valence-corrected chi connectivity index (χ3v) is 7.88. The van der Waals surface area contributed by atoms with E-state index in [9.17, 15) is 9.59 Å². The van der Waals surface area contributed by atoms with Crippen molar-refractivity contribution in [1.82, 2.24) is 14.9 Å². The molecule has 0 radical (unpaired) electrons. The number of hydrogen-bond acceptors (Lipinski definition) is 7. The molecule has 0 fully saturated rings. The first-order valence-electron chi connectivity index (χ1n) is 11.2. The van der Waals surface area contributed by atoms with Crippen LogP contribution in [-0.4, -0.2) is 34.4 Å². The van der Waals surface area contributed by atoms with Gasteiger partial charge in [-0.1, -0.05) is 37.8 Å². The van der Waals surface area contributed by atoms with Gasteiger partial charge in [0, 0.05) is 11.4 Å². The SMILES string of the molecule is C=CCn1c(SCC(=O)NC(c2ccc3c(c2)OCCO3)C(C)C)nc2sc(C)c(C)c2c1=O. The van der Waals surface area contributed by atoms with Gasteiger partial charge in [-0.15, -0.1) is 17.9 Å². The summed E-state index contributed by atoms with van der Waals surface area (Å²) in [7, 11) is 0. The fourth-order valence-electron chi connectivity index (χ4n) is 3.94.